The molecule has 1 aliphatic rings. The molecule has 1 fully saturated rings. The molecule has 0 aromatic carbocycles. The zero-order valence-corrected chi connectivity index (χ0v) is 9.71. The highest BCUT2D eigenvalue weighted by Gasteiger charge is 2.20. The molecule has 1 aliphatic heterocycles. The topological polar surface area (TPSA) is 50.4 Å². The summed E-state index contributed by atoms with van der Waals surface area (Å²) in [7, 11) is 0. The van der Waals surface area contributed by atoms with E-state index in [0.717, 1.165) is 26.0 Å². The van der Waals surface area contributed by atoms with Gasteiger partial charge in [-0.05, 0) is 12.8 Å². The number of ether oxygens (including phenoxy) is 1. The largest absolute Gasteiger partial charge is 0.381 e. The molecule has 0 saturated carbocycles. The quantitative estimate of drug-likeness (QED) is 0.656. The van der Waals surface area contributed by atoms with Gasteiger partial charge < -0.3 is 15.4 Å². The molecule has 1 rings (SSSR count). The first-order chi connectivity index (χ1) is 7.20. The minimum Gasteiger partial charge on any atom is -0.381 e. The molecule has 88 valence electrons. The van der Waals surface area contributed by atoms with Crippen LogP contribution in [0.5, 0.6) is 0 Å². The highest BCUT2D eigenvalue weighted by molar-refractivity contribution is 5.78. The van der Waals surface area contributed by atoms with Gasteiger partial charge >= 0.3 is 0 Å². The van der Waals surface area contributed by atoms with Crippen LogP contribution in [0.3, 0.4) is 0 Å². The van der Waals surface area contributed by atoms with Crippen molar-refractivity contribution < 1.29 is 9.53 Å². The first-order valence-corrected chi connectivity index (χ1v) is 5.79. The van der Waals surface area contributed by atoms with Crippen LogP contribution in [-0.4, -0.2) is 38.3 Å². The minimum absolute atomic E-state index is 0.0674. The Balaban J connectivity index is 2.07. The van der Waals surface area contributed by atoms with Crippen LogP contribution < -0.4 is 10.6 Å². The third-order valence-corrected chi connectivity index (χ3v) is 2.51. The molecule has 0 aromatic rings. The predicted molar refractivity (Wildman–Crippen MR) is 59.7 cm³/mol. The molecule has 1 saturated heterocycles. The highest BCUT2D eigenvalue weighted by Crippen LogP contribution is 2.12. The van der Waals surface area contributed by atoms with Crippen molar-refractivity contribution in [3.8, 4) is 0 Å². The molecule has 0 aliphatic carbocycles. The van der Waals surface area contributed by atoms with Crippen molar-refractivity contribution in [2.24, 2.45) is 5.92 Å². The Morgan fingerprint density at radius 1 is 1.47 bits per heavy atom. The van der Waals surface area contributed by atoms with Crippen LogP contribution in [0.25, 0.3) is 0 Å². The summed E-state index contributed by atoms with van der Waals surface area (Å²) < 4.78 is 5.27. The van der Waals surface area contributed by atoms with Crippen LogP contribution in [0.2, 0.25) is 0 Å². The molecule has 0 spiro atoms. The molecule has 0 radical (unpaired) electrons. The van der Waals surface area contributed by atoms with E-state index in [2.05, 4.69) is 24.5 Å². The molecule has 15 heavy (non-hydrogen) atoms. The van der Waals surface area contributed by atoms with Gasteiger partial charge in [-0.25, -0.2) is 0 Å². The van der Waals surface area contributed by atoms with Crippen LogP contribution in [0.15, 0.2) is 0 Å². The SMILES string of the molecule is CC(C)NCCNC(=O)C1CCCOC1. The van der Waals surface area contributed by atoms with Crippen molar-refractivity contribution >= 4 is 5.91 Å². The van der Waals surface area contributed by atoms with E-state index >= 15 is 0 Å². The summed E-state index contributed by atoms with van der Waals surface area (Å²) >= 11 is 0. The first kappa shape index (κ1) is 12.5. The number of rotatable bonds is 5. The Hall–Kier alpha value is -0.610. The van der Waals surface area contributed by atoms with Crippen LogP contribution in [0.4, 0.5) is 0 Å². The second-order valence-corrected chi connectivity index (χ2v) is 4.31. The summed E-state index contributed by atoms with van der Waals surface area (Å²) in [6.07, 6.45) is 1.96. The second kappa shape index (κ2) is 6.80. The number of carbonyl (C=O) groups is 1. The fraction of sp³-hybridized carbons (Fsp3) is 0.909. The summed E-state index contributed by atoms with van der Waals surface area (Å²) in [5.74, 6) is 0.207. The standard InChI is InChI=1S/C11H22N2O2/c1-9(2)12-5-6-13-11(14)10-4-3-7-15-8-10/h9-10,12H,3-8H2,1-2H3,(H,13,14). The Morgan fingerprint density at radius 2 is 2.27 bits per heavy atom. The van der Waals surface area contributed by atoms with Crippen molar-refractivity contribution in [3.63, 3.8) is 0 Å². The predicted octanol–water partition coefficient (Wildman–Crippen LogP) is 0.527. The Morgan fingerprint density at radius 3 is 2.87 bits per heavy atom. The normalized spacial score (nSPS) is 21.7. The highest BCUT2D eigenvalue weighted by atomic mass is 16.5. The summed E-state index contributed by atoms with van der Waals surface area (Å²) in [5, 5.41) is 6.18. The van der Waals surface area contributed by atoms with Gasteiger partial charge in [-0.15, -0.1) is 0 Å². The van der Waals surface area contributed by atoms with Gasteiger partial charge in [-0.1, -0.05) is 13.8 Å². The lowest BCUT2D eigenvalue weighted by Gasteiger charge is -2.21. The van der Waals surface area contributed by atoms with E-state index in [-0.39, 0.29) is 11.8 Å². The summed E-state index contributed by atoms with van der Waals surface area (Å²) in [5.41, 5.74) is 0. The van der Waals surface area contributed by atoms with Gasteiger partial charge in [-0.2, -0.15) is 0 Å². The van der Waals surface area contributed by atoms with Crippen molar-refractivity contribution in [3.05, 3.63) is 0 Å². The average Bonchev–Trinajstić information content (AvgIpc) is 2.25. The molecular formula is C11H22N2O2. The fourth-order valence-corrected chi connectivity index (χ4v) is 1.64. The molecule has 0 bridgehead atoms. The minimum atomic E-state index is 0.0674. The number of hydrogen-bond acceptors (Lipinski definition) is 3. The Labute approximate surface area is 91.8 Å². The van der Waals surface area contributed by atoms with Crippen molar-refractivity contribution in [2.75, 3.05) is 26.3 Å². The zero-order valence-electron chi connectivity index (χ0n) is 9.71. The van der Waals surface area contributed by atoms with Crippen LogP contribution in [0.1, 0.15) is 26.7 Å². The molecule has 0 aromatic heterocycles. The molecule has 1 atom stereocenters. The van der Waals surface area contributed by atoms with E-state index in [0.29, 0.717) is 19.2 Å². The summed E-state index contributed by atoms with van der Waals surface area (Å²) in [6.45, 7) is 7.11. The van der Waals surface area contributed by atoms with Crippen molar-refractivity contribution in [1.29, 1.82) is 0 Å². The molecule has 4 nitrogen and oxygen atoms in total. The molecule has 1 amide bonds. The maximum Gasteiger partial charge on any atom is 0.225 e. The summed E-state index contributed by atoms with van der Waals surface area (Å²) in [6, 6.07) is 0.472. The van der Waals surface area contributed by atoms with E-state index < -0.39 is 0 Å². The van der Waals surface area contributed by atoms with E-state index in [1.54, 1.807) is 0 Å². The van der Waals surface area contributed by atoms with Gasteiger partial charge in [-0.3, -0.25) is 4.79 Å². The van der Waals surface area contributed by atoms with Crippen molar-refractivity contribution in [2.45, 2.75) is 32.7 Å². The average molecular weight is 214 g/mol. The Kier molecular flexibility index (Phi) is 5.65. The first-order valence-electron chi connectivity index (χ1n) is 5.79. The van der Waals surface area contributed by atoms with Gasteiger partial charge in [0.2, 0.25) is 5.91 Å². The van der Waals surface area contributed by atoms with E-state index in [1.165, 1.54) is 0 Å². The summed E-state index contributed by atoms with van der Waals surface area (Å²) in [4.78, 5) is 11.6. The molecule has 1 unspecified atom stereocenters. The van der Waals surface area contributed by atoms with Gasteiger partial charge in [0.25, 0.3) is 0 Å². The molecule has 1 heterocycles. The molecule has 2 N–H and O–H groups in total. The third-order valence-electron chi connectivity index (χ3n) is 2.51. The second-order valence-electron chi connectivity index (χ2n) is 4.31. The Bertz CT molecular complexity index is 189. The van der Waals surface area contributed by atoms with Gasteiger partial charge in [0.05, 0.1) is 12.5 Å². The monoisotopic (exact) mass is 214 g/mol. The lowest BCUT2D eigenvalue weighted by molar-refractivity contribution is -0.128. The number of hydrogen-bond donors (Lipinski definition) is 2. The van der Waals surface area contributed by atoms with Crippen LogP contribution >= 0.6 is 0 Å². The number of nitrogens with one attached hydrogen (secondary N) is 2. The van der Waals surface area contributed by atoms with E-state index in [4.69, 9.17) is 4.74 Å². The third kappa shape index (κ3) is 5.14. The fourth-order valence-electron chi connectivity index (χ4n) is 1.64. The van der Waals surface area contributed by atoms with Crippen molar-refractivity contribution in [1.82, 2.24) is 10.6 Å². The lowest BCUT2D eigenvalue weighted by atomic mass is 10.0. The smallest absolute Gasteiger partial charge is 0.225 e. The van der Waals surface area contributed by atoms with Gasteiger partial charge in [0.1, 0.15) is 0 Å². The van der Waals surface area contributed by atoms with E-state index in [1.807, 2.05) is 0 Å². The van der Waals surface area contributed by atoms with Gasteiger partial charge in [0.15, 0.2) is 0 Å². The van der Waals surface area contributed by atoms with Gasteiger partial charge in [0, 0.05) is 25.7 Å². The van der Waals surface area contributed by atoms with Crippen LogP contribution in [-0.2, 0) is 9.53 Å². The lowest BCUT2D eigenvalue weighted by Crippen LogP contribution is -2.39. The number of carbonyl (C=O) groups excluding carboxylic acids is 1. The zero-order chi connectivity index (χ0) is 11.1. The number of amides is 1. The molecule has 4 heteroatoms. The maximum atomic E-state index is 11.6. The maximum absolute atomic E-state index is 11.6. The van der Waals surface area contributed by atoms with Crippen LogP contribution in [0, 0.1) is 5.92 Å². The molecular weight excluding hydrogens is 192 g/mol. The van der Waals surface area contributed by atoms with E-state index in [9.17, 15) is 4.79 Å².